The molecule has 0 aliphatic carbocycles. The van der Waals surface area contributed by atoms with Gasteiger partial charge in [0.2, 0.25) is 0 Å². The summed E-state index contributed by atoms with van der Waals surface area (Å²) in [7, 11) is 5.86. The van der Waals surface area contributed by atoms with Crippen molar-refractivity contribution in [1.82, 2.24) is 0 Å². The number of hydrogen-bond acceptors (Lipinski definition) is 8. The van der Waals surface area contributed by atoms with Crippen LogP contribution in [-0.4, -0.2) is 82.3 Å². The van der Waals surface area contributed by atoms with E-state index in [0.717, 1.165) is 77.0 Å². The van der Waals surface area contributed by atoms with E-state index in [-0.39, 0.29) is 32.7 Å². The summed E-state index contributed by atoms with van der Waals surface area (Å²) in [4.78, 5) is 36.9. The molecule has 0 radical (unpaired) electrons. The lowest BCUT2D eigenvalue weighted by Gasteiger charge is -2.26. The van der Waals surface area contributed by atoms with Gasteiger partial charge in [-0.25, -0.2) is 0 Å². The highest BCUT2D eigenvalue weighted by Gasteiger charge is 2.21. The number of carboxylic acid groups (broad SMARTS) is 1. The zero-order valence-electron chi connectivity index (χ0n) is 35.9. The maximum absolute atomic E-state index is 12.7. The predicted molar refractivity (Wildman–Crippen MR) is 232 cm³/mol. The van der Waals surface area contributed by atoms with Crippen LogP contribution in [0, 0.1) is 0 Å². The van der Waals surface area contributed by atoms with Gasteiger partial charge in [-0.2, -0.15) is 0 Å². The first kappa shape index (κ1) is 53.0. The molecule has 0 spiro atoms. The van der Waals surface area contributed by atoms with Crippen LogP contribution in [0.15, 0.2) is 109 Å². The van der Waals surface area contributed by atoms with Gasteiger partial charge in [-0.3, -0.25) is 9.59 Å². The number of likely N-dealkylation sites (N-methyl/N-ethyl adjacent to an activating group) is 1. The Morgan fingerprint density at radius 3 is 1.44 bits per heavy atom. The molecule has 0 amide bonds. The molecule has 57 heavy (non-hydrogen) atoms. The number of allylic oxidation sites excluding steroid dienone is 18. The first-order chi connectivity index (χ1) is 27.6. The summed E-state index contributed by atoms with van der Waals surface area (Å²) in [6, 6.07) is 0. The Morgan fingerprint density at radius 1 is 0.526 bits per heavy atom. The van der Waals surface area contributed by atoms with Gasteiger partial charge < -0.3 is 33.3 Å². The average molecular weight is 794 g/mol. The van der Waals surface area contributed by atoms with Crippen LogP contribution < -0.4 is 5.11 Å². The van der Waals surface area contributed by atoms with E-state index < -0.39 is 30.3 Å². The Bertz CT molecular complexity index is 1300. The van der Waals surface area contributed by atoms with E-state index in [9.17, 15) is 19.5 Å². The Hall–Kier alpha value is -4.05. The minimum absolute atomic E-state index is 0.109. The van der Waals surface area contributed by atoms with E-state index in [1.54, 1.807) is 0 Å². The van der Waals surface area contributed by atoms with Crippen molar-refractivity contribution in [3.63, 3.8) is 0 Å². The molecule has 0 rings (SSSR count). The lowest BCUT2D eigenvalue weighted by Crippen LogP contribution is -2.44. The number of hydrogen-bond donors (Lipinski definition) is 0. The molecule has 0 aromatic heterocycles. The Labute approximate surface area is 345 Å². The van der Waals surface area contributed by atoms with Crippen molar-refractivity contribution in [3.8, 4) is 0 Å². The third-order valence-corrected chi connectivity index (χ3v) is 8.03. The lowest BCUT2D eigenvalue weighted by molar-refractivity contribution is -0.870. The first-order valence-electron chi connectivity index (χ1n) is 21.0. The fourth-order valence-corrected chi connectivity index (χ4v) is 4.81. The molecule has 0 aliphatic rings. The van der Waals surface area contributed by atoms with E-state index in [4.69, 9.17) is 18.9 Å². The van der Waals surface area contributed by atoms with Crippen molar-refractivity contribution in [2.45, 2.75) is 129 Å². The summed E-state index contributed by atoms with van der Waals surface area (Å²) >= 11 is 0. The van der Waals surface area contributed by atoms with Crippen LogP contribution in [0.3, 0.4) is 0 Å². The molecule has 0 aromatic rings. The van der Waals surface area contributed by atoms with Gasteiger partial charge in [-0.15, -0.1) is 0 Å². The molecule has 0 N–H and O–H groups in total. The molecule has 0 saturated carbocycles. The fraction of sp³-hybridized carbons (Fsp3) is 0.562. The number of rotatable bonds is 36. The van der Waals surface area contributed by atoms with Crippen molar-refractivity contribution in [3.05, 3.63) is 109 Å². The third kappa shape index (κ3) is 40.0. The highest BCUT2D eigenvalue weighted by molar-refractivity contribution is 5.70. The number of aliphatic carboxylic acids is 1. The zero-order chi connectivity index (χ0) is 42.1. The summed E-state index contributed by atoms with van der Waals surface area (Å²) in [6.45, 7) is 4.34. The second-order valence-electron chi connectivity index (χ2n) is 14.5. The summed E-state index contributed by atoms with van der Waals surface area (Å²) in [6.07, 6.45) is 48.6. The molecule has 320 valence electrons. The summed E-state index contributed by atoms with van der Waals surface area (Å²) in [5.74, 6) is -2.46. The Kier molecular flexibility index (Phi) is 36.0. The van der Waals surface area contributed by atoms with Crippen LogP contribution in [-0.2, 0) is 33.3 Å². The molecule has 2 unspecified atom stereocenters. The molecule has 0 heterocycles. The minimum atomic E-state index is -1.65. The van der Waals surface area contributed by atoms with Gasteiger partial charge >= 0.3 is 11.9 Å². The van der Waals surface area contributed by atoms with Crippen LogP contribution in [0.1, 0.15) is 117 Å². The highest BCUT2D eigenvalue weighted by Crippen LogP contribution is 2.09. The lowest BCUT2D eigenvalue weighted by atomic mass is 10.1. The van der Waals surface area contributed by atoms with Crippen LogP contribution >= 0.6 is 0 Å². The number of quaternary nitrogens is 1. The predicted octanol–water partition coefficient (Wildman–Crippen LogP) is 9.54. The number of carboxylic acids is 1. The fourth-order valence-electron chi connectivity index (χ4n) is 4.81. The van der Waals surface area contributed by atoms with E-state index in [1.165, 1.54) is 0 Å². The van der Waals surface area contributed by atoms with Gasteiger partial charge in [0, 0.05) is 12.8 Å². The summed E-state index contributed by atoms with van der Waals surface area (Å²) in [5.41, 5.74) is 0. The zero-order valence-corrected chi connectivity index (χ0v) is 35.9. The number of esters is 2. The smallest absolute Gasteiger partial charge is 0.306 e. The standard InChI is InChI=1S/C48H75NO8/c1-6-8-10-12-14-16-18-20-21-22-23-24-25-27-29-31-33-35-37-39-46(51)57-44(43-56-48(47(52)53)54-41-40-49(3,4)5)42-55-45(50)38-36-34-32-30-28-26-19-17-15-13-11-9-7-2/h8-11,14-17,20-21,23-24,26-29,33,35,44,48H,6-7,12-13,18-19,22,25,30-32,34,36-43H2,1-5H3/b10-8-,11-9-,16-14-,17-15-,21-20-,24-23-,28-26-,29-27-,35-33-. The molecule has 9 nitrogen and oxygen atoms in total. The normalized spacial score (nSPS) is 14.1. The summed E-state index contributed by atoms with van der Waals surface area (Å²) < 4.78 is 22.3. The highest BCUT2D eigenvalue weighted by atomic mass is 16.7. The molecule has 0 bridgehead atoms. The van der Waals surface area contributed by atoms with Crippen molar-refractivity contribution < 1.29 is 42.9 Å². The Morgan fingerprint density at radius 2 is 0.982 bits per heavy atom. The van der Waals surface area contributed by atoms with E-state index in [1.807, 2.05) is 33.3 Å². The molecule has 0 aromatic carbocycles. The SMILES string of the molecule is CC/C=C\C/C=C\C/C=C\C/C=C\C/C=C\C/C=C\CCC(=O)OC(COC(=O)CCCCC/C=C\C/C=C\C/C=C\CC)COC(OCC[N+](C)(C)C)C(=O)[O-]. The van der Waals surface area contributed by atoms with E-state index >= 15 is 0 Å². The quantitative estimate of drug-likeness (QED) is 0.0203. The monoisotopic (exact) mass is 794 g/mol. The van der Waals surface area contributed by atoms with E-state index in [0.29, 0.717) is 23.9 Å². The molecule has 2 atom stereocenters. The number of carbonyl (C=O) groups is 3. The van der Waals surface area contributed by atoms with Gasteiger partial charge in [0.25, 0.3) is 0 Å². The second-order valence-corrected chi connectivity index (χ2v) is 14.5. The van der Waals surface area contributed by atoms with Crippen LogP contribution in [0.2, 0.25) is 0 Å². The van der Waals surface area contributed by atoms with Crippen molar-refractivity contribution in [2.75, 3.05) is 47.5 Å². The second kappa shape index (κ2) is 38.8. The minimum Gasteiger partial charge on any atom is -0.545 e. The van der Waals surface area contributed by atoms with Gasteiger partial charge in [0.15, 0.2) is 12.4 Å². The van der Waals surface area contributed by atoms with Gasteiger partial charge in [-0.05, 0) is 83.5 Å². The average Bonchev–Trinajstić information content (AvgIpc) is 3.17. The molecular weight excluding hydrogens is 719 g/mol. The number of ether oxygens (including phenoxy) is 4. The largest absolute Gasteiger partial charge is 0.545 e. The molecule has 0 fully saturated rings. The number of nitrogens with zero attached hydrogens (tertiary/aromatic N) is 1. The van der Waals surface area contributed by atoms with Crippen LogP contribution in [0.5, 0.6) is 0 Å². The molecule has 9 heteroatoms. The molecule has 0 saturated heterocycles. The maximum Gasteiger partial charge on any atom is 0.306 e. The Balaban J connectivity index is 4.68. The number of carbonyl (C=O) groups excluding carboxylic acids is 3. The topological polar surface area (TPSA) is 111 Å². The summed E-state index contributed by atoms with van der Waals surface area (Å²) in [5, 5.41) is 11.7. The van der Waals surface area contributed by atoms with Crippen molar-refractivity contribution in [2.24, 2.45) is 0 Å². The third-order valence-electron chi connectivity index (χ3n) is 8.03. The van der Waals surface area contributed by atoms with Crippen LogP contribution in [0.25, 0.3) is 0 Å². The van der Waals surface area contributed by atoms with Gasteiger partial charge in [0.1, 0.15) is 13.2 Å². The van der Waals surface area contributed by atoms with Crippen molar-refractivity contribution in [1.29, 1.82) is 0 Å². The first-order valence-corrected chi connectivity index (χ1v) is 21.0. The molecular formula is C48H75NO8. The van der Waals surface area contributed by atoms with Gasteiger partial charge in [-0.1, -0.05) is 130 Å². The van der Waals surface area contributed by atoms with Crippen LogP contribution in [0.4, 0.5) is 0 Å². The van der Waals surface area contributed by atoms with E-state index in [2.05, 4.69) is 111 Å². The van der Waals surface area contributed by atoms with Crippen molar-refractivity contribution >= 4 is 17.9 Å². The molecule has 0 aliphatic heterocycles. The number of unbranched alkanes of at least 4 members (excludes halogenated alkanes) is 3. The maximum atomic E-state index is 12.7. The van der Waals surface area contributed by atoms with Gasteiger partial charge in [0.05, 0.1) is 40.3 Å².